The Morgan fingerprint density at radius 1 is 0.833 bits per heavy atom. The zero-order valence-corrected chi connectivity index (χ0v) is 20.5. The average molecular weight is 481 g/mol. The molecule has 9 nitrogen and oxygen atoms in total. The summed E-state index contributed by atoms with van der Waals surface area (Å²) in [5.74, 6) is 2.90. The van der Waals surface area contributed by atoms with Gasteiger partial charge in [-0.1, -0.05) is 41.6 Å². The van der Waals surface area contributed by atoms with Crippen LogP contribution >= 0.6 is 0 Å². The van der Waals surface area contributed by atoms with Crippen molar-refractivity contribution in [2.45, 2.75) is 26.7 Å². The lowest BCUT2D eigenvalue weighted by atomic mass is 10.1. The molecule has 0 radical (unpaired) electrons. The third-order valence-corrected chi connectivity index (χ3v) is 6.70. The van der Waals surface area contributed by atoms with Gasteiger partial charge in [-0.2, -0.15) is 9.50 Å². The number of aromatic nitrogens is 6. The fourth-order valence-corrected chi connectivity index (χ4v) is 4.67. The van der Waals surface area contributed by atoms with Crippen molar-refractivity contribution < 1.29 is 4.52 Å². The summed E-state index contributed by atoms with van der Waals surface area (Å²) in [4.78, 5) is 9.33. The van der Waals surface area contributed by atoms with Gasteiger partial charge >= 0.3 is 0 Å². The summed E-state index contributed by atoms with van der Waals surface area (Å²) in [5, 5.41) is 17.7. The molecule has 4 heterocycles. The van der Waals surface area contributed by atoms with Crippen LogP contribution in [-0.2, 0) is 12.8 Å². The maximum Gasteiger partial charge on any atom is 0.227 e. The van der Waals surface area contributed by atoms with E-state index in [0.717, 1.165) is 54.6 Å². The van der Waals surface area contributed by atoms with E-state index in [2.05, 4.69) is 61.3 Å². The standard InChI is InChI=1S/C27H28N8O/c1-19-6-5-8-21(18-19)33-14-16-34(17-15-33)25-11-10-23-29-30-24(35(23)31-25)12-13-26-28-27(32-36-26)22-9-4-3-7-20(22)2/h3-11,18H,12-17H2,1-2H3. The van der Waals surface area contributed by atoms with Crippen molar-refractivity contribution in [3.8, 4) is 11.4 Å². The van der Waals surface area contributed by atoms with Gasteiger partial charge in [-0.25, -0.2) is 0 Å². The van der Waals surface area contributed by atoms with Crippen LogP contribution in [0.4, 0.5) is 11.5 Å². The van der Waals surface area contributed by atoms with Gasteiger partial charge in [0.2, 0.25) is 11.7 Å². The molecule has 1 fully saturated rings. The number of nitrogens with zero attached hydrogens (tertiary/aromatic N) is 8. The van der Waals surface area contributed by atoms with Gasteiger partial charge in [0.15, 0.2) is 11.5 Å². The van der Waals surface area contributed by atoms with E-state index in [4.69, 9.17) is 9.62 Å². The van der Waals surface area contributed by atoms with Crippen LogP contribution in [0.5, 0.6) is 0 Å². The maximum absolute atomic E-state index is 5.51. The first-order valence-electron chi connectivity index (χ1n) is 12.3. The zero-order valence-electron chi connectivity index (χ0n) is 20.5. The van der Waals surface area contributed by atoms with Crippen molar-refractivity contribution in [2.75, 3.05) is 36.0 Å². The number of anilines is 2. The summed E-state index contributed by atoms with van der Waals surface area (Å²) in [6.45, 7) is 7.91. The van der Waals surface area contributed by atoms with Crippen LogP contribution in [0, 0.1) is 13.8 Å². The molecule has 0 saturated carbocycles. The Morgan fingerprint density at radius 3 is 2.50 bits per heavy atom. The molecule has 0 spiro atoms. The molecule has 182 valence electrons. The van der Waals surface area contributed by atoms with Crippen LogP contribution in [0.2, 0.25) is 0 Å². The number of piperazine rings is 1. The highest BCUT2D eigenvalue weighted by atomic mass is 16.5. The molecular weight excluding hydrogens is 452 g/mol. The van der Waals surface area contributed by atoms with E-state index in [1.165, 1.54) is 11.3 Å². The molecular formula is C27H28N8O. The Hall–Kier alpha value is -4.27. The summed E-state index contributed by atoms with van der Waals surface area (Å²) in [7, 11) is 0. The third kappa shape index (κ3) is 4.39. The normalized spacial score (nSPS) is 14.1. The molecule has 0 unspecified atom stereocenters. The zero-order chi connectivity index (χ0) is 24.5. The number of benzene rings is 2. The first-order chi connectivity index (χ1) is 17.6. The van der Waals surface area contributed by atoms with Crippen molar-refractivity contribution in [2.24, 2.45) is 0 Å². The van der Waals surface area contributed by atoms with Crippen molar-refractivity contribution in [1.29, 1.82) is 0 Å². The van der Waals surface area contributed by atoms with Crippen LogP contribution in [0.15, 0.2) is 65.2 Å². The molecule has 5 aromatic rings. The number of fused-ring (bicyclic) bond motifs is 1. The van der Waals surface area contributed by atoms with Gasteiger partial charge in [-0.3, -0.25) is 0 Å². The molecule has 36 heavy (non-hydrogen) atoms. The van der Waals surface area contributed by atoms with Crippen molar-refractivity contribution in [3.63, 3.8) is 0 Å². The quantitative estimate of drug-likeness (QED) is 0.362. The topological polar surface area (TPSA) is 88.5 Å². The Balaban J connectivity index is 1.14. The van der Waals surface area contributed by atoms with E-state index in [1.807, 2.05) is 47.8 Å². The summed E-state index contributed by atoms with van der Waals surface area (Å²) < 4.78 is 7.34. The van der Waals surface area contributed by atoms with E-state index in [9.17, 15) is 0 Å². The Morgan fingerprint density at radius 2 is 1.67 bits per heavy atom. The van der Waals surface area contributed by atoms with Crippen LogP contribution < -0.4 is 9.80 Å². The van der Waals surface area contributed by atoms with E-state index in [-0.39, 0.29) is 0 Å². The molecule has 0 amide bonds. The van der Waals surface area contributed by atoms with Gasteiger partial charge in [0.25, 0.3) is 0 Å². The van der Waals surface area contributed by atoms with E-state index >= 15 is 0 Å². The highest BCUT2D eigenvalue weighted by Gasteiger charge is 2.20. The van der Waals surface area contributed by atoms with Gasteiger partial charge in [-0.15, -0.1) is 15.3 Å². The molecule has 1 aliphatic rings. The fraction of sp³-hybridized carbons (Fsp3) is 0.296. The van der Waals surface area contributed by atoms with E-state index in [0.29, 0.717) is 24.6 Å². The largest absolute Gasteiger partial charge is 0.368 e. The van der Waals surface area contributed by atoms with Crippen molar-refractivity contribution >= 4 is 17.2 Å². The van der Waals surface area contributed by atoms with Gasteiger partial charge in [0.05, 0.1) is 0 Å². The average Bonchev–Trinajstić information content (AvgIpc) is 3.54. The second kappa shape index (κ2) is 9.41. The van der Waals surface area contributed by atoms with Crippen LogP contribution in [0.3, 0.4) is 0 Å². The monoisotopic (exact) mass is 480 g/mol. The van der Waals surface area contributed by atoms with Crippen LogP contribution in [0.1, 0.15) is 22.8 Å². The van der Waals surface area contributed by atoms with Crippen LogP contribution in [-0.4, -0.2) is 56.1 Å². The third-order valence-electron chi connectivity index (χ3n) is 6.70. The highest BCUT2D eigenvalue weighted by Crippen LogP contribution is 2.22. The molecule has 9 heteroatoms. The Labute approximate surface area is 209 Å². The summed E-state index contributed by atoms with van der Waals surface area (Å²) >= 11 is 0. The summed E-state index contributed by atoms with van der Waals surface area (Å²) in [5.41, 5.74) is 5.40. The van der Waals surface area contributed by atoms with E-state index < -0.39 is 0 Å². The Kier molecular flexibility index (Phi) is 5.80. The molecule has 0 N–H and O–H groups in total. The smallest absolute Gasteiger partial charge is 0.227 e. The number of hydrogen-bond acceptors (Lipinski definition) is 8. The molecule has 1 aliphatic heterocycles. The predicted molar refractivity (Wildman–Crippen MR) is 138 cm³/mol. The molecule has 0 atom stereocenters. The minimum atomic E-state index is 0.570. The lowest BCUT2D eigenvalue weighted by Crippen LogP contribution is -2.47. The van der Waals surface area contributed by atoms with Gasteiger partial charge in [-0.05, 0) is 49.2 Å². The SMILES string of the molecule is Cc1cccc(N2CCN(c3ccc4nnc(CCc5nc(-c6ccccc6C)no5)n4n3)CC2)c1. The number of aryl methyl sites for hydroxylation is 4. The minimum absolute atomic E-state index is 0.570. The number of hydrogen-bond donors (Lipinski definition) is 0. The Bertz CT molecular complexity index is 1500. The molecule has 0 aliphatic carbocycles. The minimum Gasteiger partial charge on any atom is -0.368 e. The fourth-order valence-electron chi connectivity index (χ4n) is 4.67. The summed E-state index contributed by atoms with van der Waals surface area (Å²) in [6, 6.07) is 20.7. The van der Waals surface area contributed by atoms with Gasteiger partial charge in [0, 0.05) is 50.3 Å². The van der Waals surface area contributed by atoms with Gasteiger partial charge < -0.3 is 14.3 Å². The lowest BCUT2D eigenvalue weighted by molar-refractivity contribution is 0.377. The second-order valence-electron chi connectivity index (χ2n) is 9.22. The molecule has 2 aromatic carbocycles. The maximum atomic E-state index is 5.51. The van der Waals surface area contributed by atoms with Gasteiger partial charge in [0.1, 0.15) is 5.82 Å². The molecule has 0 bridgehead atoms. The highest BCUT2D eigenvalue weighted by molar-refractivity contribution is 5.59. The first kappa shape index (κ1) is 22.2. The van der Waals surface area contributed by atoms with Crippen molar-refractivity contribution in [1.82, 2.24) is 30.0 Å². The predicted octanol–water partition coefficient (Wildman–Crippen LogP) is 3.90. The first-order valence-corrected chi connectivity index (χ1v) is 12.3. The molecule has 6 rings (SSSR count). The second-order valence-corrected chi connectivity index (χ2v) is 9.22. The number of rotatable bonds is 6. The van der Waals surface area contributed by atoms with Crippen molar-refractivity contribution in [3.05, 3.63) is 83.5 Å². The molecule has 3 aromatic heterocycles. The molecule has 1 saturated heterocycles. The lowest BCUT2D eigenvalue weighted by Gasteiger charge is -2.36. The summed E-state index contributed by atoms with van der Waals surface area (Å²) in [6.07, 6.45) is 1.18. The van der Waals surface area contributed by atoms with E-state index in [1.54, 1.807) is 0 Å². The van der Waals surface area contributed by atoms with Crippen LogP contribution in [0.25, 0.3) is 17.0 Å².